The Labute approximate surface area is 119 Å². The molecule has 0 aliphatic heterocycles. The number of ether oxygens (including phenoxy) is 1. The minimum absolute atomic E-state index is 0.0403. The highest BCUT2D eigenvalue weighted by Crippen LogP contribution is 2.21. The summed E-state index contributed by atoms with van der Waals surface area (Å²) in [5.74, 6) is 0.743. The van der Waals surface area contributed by atoms with Crippen molar-refractivity contribution in [3.8, 4) is 0 Å². The number of aromatic nitrogens is 2. The van der Waals surface area contributed by atoms with Crippen molar-refractivity contribution in [2.45, 2.75) is 45.7 Å². The van der Waals surface area contributed by atoms with Gasteiger partial charge in [-0.25, -0.2) is 8.42 Å². The van der Waals surface area contributed by atoms with Crippen LogP contribution in [0.2, 0.25) is 0 Å². The van der Waals surface area contributed by atoms with Gasteiger partial charge >= 0.3 is 0 Å². The number of rotatable bonds is 7. The van der Waals surface area contributed by atoms with Crippen LogP contribution in [0.1, 0.15) is 33.4 Å². The van der Waals surface area contributed by atoms with Crippen LogP contribution in [0.3, 0.4) is 0 Å². The third-order valence-electron chi connectivity index (χ3n) is 2.40. The molecule has 0 saturated carbocycles. The summed E-state index contributed by atoms with van der Waals surface area (Å²) in [4.78, 5) is 0.0403. The Bertz CT molecular complexity index is 509. The second-order valence-corrected chi connectivity index (χ2v) is 7.91. The fourth-order valence-electron chi connectivity index (χ4n) is 1.64. The molecule has 1 aromatic heterocycles. The van der Waals surface area contributed by atoms with E-state index >= 15 is 0 Å². The number of hydrogen-bond acceptors (Lipinski definition) is 4. The van der Waals surface area contributed by atoms with Crippen LogP contribution in [0.15, 0.2) is 11.1 Å². The van der Waals surface area contributed by atoms with Gasteiger partial charge in [0.15, 0.2) is 0 Å². The Morgan fingerprint density at radius 1 is 1.32 bits per heavy atom. The molecule has 0 aromatic carbocycles. The summed E-state index contributed by atoms with van der Waals surface area (Å²) < 4.78 is 30.2. The maximum absolute atomic E-state index is 11.5. The van der Waals surface area contributed by atoms with Gasteiger partial charge in [0.2, 0.25) is 0 Å². The Hall–Kier alpha value is -0.590. The summed E-state index contributed by atoms with van der Waals surface area (Å²) in [6.45, 7) is 9.54. The Morgan fingerprint density at radius 3 is 2.42 bits per heavy atom. The summed E-state index contributed by atoms with van der Waals surface area (Å²) in [5.41, 5.74) is 0.518. The summed E-state index contributed by atoms with van der Waals surface area (Å²) in [7, 11) is 1.63. The lowest BCUT2D eigenvalue weighted by molar-refractivity contribution is 0.0899. The molecule has 0 aliphatic rings. The van der Waals surface area contributed by atoms with E-state index < -0.39 is 9.05 Å². The Kier molecular flexibility index (Phi) is 5.82. The predicted molar refractivity (Wildman–Crippen MR) is 74.6 cm³/mol. The minimum atomic E-state index is -3.79. The Balaban J connectivity index is 2.97. The van der Waals surface area contributed by atoms with E-state index in [1.54, 1.807) is 4.68 Å². The molecule has 19 heavy (non-hydrogen) atoms. The second kappa shape index (κ2) is 6.72. The normalized spacial score (nSPS) is 12.6. The van der Waals surface area contributed by atoms with Gasteiger partial charge in [0, 0.05) is 23.8 Å². The van der Waals surface area contributed by atoms with Gasteiger partial charge in [-0.15, -0.1) is 0 Å². The monoisotopic (exact) mass is 308 g/mol. The van der Waals surface area contributed by atoms with Crippen LogP contribution >= 0.6 is 10.7 Å². The van der Waals surface area contributed by atoms with E-state index in [2.05, 4.69) is 5.10 Å². The molecule has 0 atom stereocenters. The van der Waals surface area contributed by atoms with Crippen molar-refractivity contribution in [2.24, 2.45) is 11.8 Å². The number of halogens is 1. The van der Waals surface area contributed by atoms with Crippen LogP contribution < -0.4 is 0 Å². The molecule has 110 valence electrons. The molecule has 0 amide bonds. The molecule has 0 aliphatic carbocycles. The van der Waals surface area contributed by atoms with Gasteiger partial charge in [0.1, 0.15) is 4.90 Å². The summed E-state index contributed by atoms with van der Waals surface area (Å²) >= 11 is 0. The lowest BCUT2D eigenvalue weighted by Crippen LogP contribution is -2.13. The molecule has 5 nitrogen and oxygen atoms in total. The van der Waals surface area contributed by atoms with E-state index in [-0.39, 0.29) is 11.5 Å². The van der Waals surface area contributed by atoms with Crippen LogP contribution in [0.25, 0.3) is 0 Å². The van der Waals surface area contributed by atoms with Crippen molar-refractivity contribution >= 4 is 19.7 Å². The Morgan fingerprint density at radius 2 is 1.95 bits per heavy atom. The molecule has 1 rings (SSSR count). The van der Waals surface area contributed by atoms with Crippen molar-refractivity contribution in [2.75, 3.05) is 6.61 Å². The third kappa shape index (κ3) is 5.12. The van der Waals surface area contributed by atoms with Crippen molar-refractivity contribution in [3.05, 3.63) is 11.9 Å². The molecule has 0 bridgehead atoms. The van der Waals surface area contributed by atoms with Gasteiger partial charge in [0.25, 0.3) is 9.05 Å². The smallest absolute Gasteiger partial charge is 0.264 e. The summed E-state index contributed by atoms with van der Waals surface area (Å²) in [6.07, 6.45) is 1.29. The van der Waals surface area contributed by atoms with Crippen molar-refractivity contribution in [1.82, 2.24) is 9.78 Å². The molecule has 0 radical (unpaired) electrons. The van der Waals surface area contributed by atoms with E-state index in [4.69, 9.17) is 15.4 Å². The number of nitrogens with zero attached hydrogens (tertiary/aromatic N) is 2. The van der Waals surface area contributed by atoms with Crippen molar-refractivity contribution in [1.29, 1.82) is 0 Å². The van der Waals surface area contributed by atoms with Crippen LogP contribution in [0.5, 0.6) is 0 Å². The minimum Gasteiger partial charge on any atom is -0.375 e. The number of hydrogen-bond donors (Lipinski definition) is 0. The van der Waals surface area contributed by atoms with Gasteiger partial charge in [-0.1, -0.05) is 27.7 Å². The molecule has 0 spiro atoms. The average Bonchev–Trinajstić information content (AvgIpc) is 2.59. The van der Waals surface area contributed by atoms with Crippen LogP contribution in [-0.2, 0) is 26.9 Å². The molecule has 0 unspecified atom stereocenters. The average molecular weight is 309 g/mol. The molecule has 0 fully saturated rings. The second-order valence-electron chi connectivity index (χ2n) is 5.38. The predicted octanol–water partition coefficient (Wildman–Crippen LogP) is 2.64. The molecular formula is C12H21ClN2O3S. The SMILES string of the molecule is CC(C)COCc1c(S(=O)(=O)Cl)cnn1CC(C)C. The summed E-state index contributed by atoms with van der Waals surface area (Å²) in [6, 6.07) is 0. The first-order valence-electron chi connectivity index (χ1n) is 6.29. The van der Waals surface area contributed by atoms with Gasteiger partial charge in [-0.05, 0) is 11.8 Å². The fraction of sp³-hybridized carbons (Fsp3) is 0.750. The largest absolute Gasteiger partial charge is 0.375 e. The first-order valence-corrected chi connectivity index (χ1v) is 8.59. The maximum Gasteiger partial charge on any atom is 0.264 e. The zero-order valence-corrected chi connectivity index (χ0v) is 13.3. The van der Waals surface area contributed by atoms with Gasteiger partial charge in [-0.2, -0.15) is 5.10 Å². The van der Waals surface area contributed by atoms with Gasteiger partial charge < -0.3 is 4.74 Å². The highest BCUT2D eigenvalue weighted by atomic mass is 35.7. The van der Waals surface area contributed by atoms with Crippen molar-refractivity contribution in [3.63, 3.8) is 0 Å². The third-order valence-corrected chi connectivity index (χ3v) is 3.77. The molecular weight excluding hydrogens is 288 g/mol. The highest BCUT2D eigenvalue weighted by Gasteiger charge is 2.21. The maximum atomic E-state index is 11.5. The topological polar surface area (TPSA) is 61.2 Å². The van der Waals surface area contributed by atoms with E-state index in [0.717, 1.165) is 0 Å². The highest BCUT2D eigenvalue weighted by molar-refractivity contribution is 8.13. The quantitative estimate of drug-likeness (QED) is 0.727. The fourth-order valence-corrected chi connectivity index (χ4v) is 2.64. The zero-order chi connectivity index (χ0) is 14.6. The van der Waals surface area contributed by atoms with Crippen molar-refractivity contribution < 1.29 is 13.2 Å². The molecule has 1 heterocycles. The standard InChI is InChI=1S/C12H21ClN2O3S/c1-9(2)6-15-11(8-18-7-10(3)4)12(5-14-15)19(13,16)17/h5,9-10H,6-8H2,1-4H3. The van der Waals surface area contributed by atoms with E-state index in [1.807, 2.05) is 27.7 Å². The zero-order valence-electron chi connectivity index (χ0n) is 11.8. The van der Waals surface area contributed by atoms with Crippen LogP contribution in [-0.4, -0.2) is 24.8 Å². The molecule has 0 N–H and O–H groups in total. The van der Waals surface area contributed by atoms with E-state index in [0.29, 0.717) is 30.7 Å². The first-order chi connectivity index (χ1) is 8.71. The molecule has 0 saturated heterocycles. The van der Waals surface area contributed by atoms with Gasteiger partial charge in [0.05, 0.1) is 18.5 Å². The van der Waals surface area contributed by atoms with E-state index in [1.165, 1.54) is 6.20 Å². The van der Waals surface area contributed by atoms with Crippen LogP contribution in [0.4, 0.5) is 0 Å². The molecule has 1 aromatic rings. The van der Waals surface area contributed by atoms with Gasteiger partial charge in [-0.3, -0.25) is 4.68 Å². The first kappa shape index (κ1) is 16.5. The lowest BCUT2D eigenvalue weighted by Gasteiger charge is -2.12. The van der Waals surface area contributed by atoms with E-state index in [9.17, 15) is 8.42 Å². The summed E-state index contributed by atoms with van der Waals surface area (Å²) in [5, 5.41) is 4.09. The lowest BCUT2D eigenvalue weighted by atomic mass is 10.2. The van der Waals surface area contributed by atoms with Crippen LogP contribution in [0, 0.1) is 11.8 Å². The molecule has 7 heteroatoms.